The monoisotopic (exact) mass is 810 g/mol. The summed E-state index contributed by atoms with van der Waals surface area (Å²) >= 11 is 0. The van der Waals surface area contributed by atoms with Gasteiger partial charge in [0.1, 0.15) is 12.4 Å². The fourth-order valence-corrected chi connectivity index (χ4v) is 4.89. The summed E-state index contributed by atoms with van der Waals surface area (Å²) in [4.78, 5) is 11.7. The molecule has 0 spiro atoms. The van der Waals surface area contributed by atoms with Gasteiger partial charge >= 0.3 is 5.97 Å². The molecule has 0 atom stereocenters. The molecule has 0 saturated heterocycles. The molecule has 16 heteroatoms. The lowest BCUT2D eigenvalue weighted by Gasteiger charge is -2.09. The zero-order valence-corrected chi connectivity index (χ0v) is 32.6. The smallest absolute Gasteiger partial charge is 0.313 e. The van der Waals surface area contributed by atoms with Crippen LogP contribution >= 0.6 is 0 Å². The molecule has 0 saturated carbocycles. The molecule has 56 heavy (non-hydrogen) atoms. The summed E-state index contributed by atoms with van der Waals surface area (Å²) in [5, 5.41) is 0. The van der Waals surface area contributed by atoms with Crippen LogP contribution in [-0.4, -0.2) is 118 Å². The van der Waals surface area contributed by atoms with Gasteiger partial charge in [0, 0.05) is 0 Å². The molecule has 0 unspecified atom stereocenters. The molecule has 320 valence electrons. The van der Waals surface area contributed by atoms with Crippen molar-refractivity contribution in [3.05, 3.63) is 58.9 Å². The Kier molecular flexibility index (Phi) is 29.0. The highest BCUT2D eigenvalue weighted by Crippen LogP contribution is 2.29. The van der Waals surface area contributed by atoms with Gasteiger partial charge in [-0.1, -0.05) is 57.6 Å². The van der Waals surface area contributed by atoms with Crippen molar-refractivity contribution in [3.8, 4) is 11.5 Å². The number of benzene rings is 2. The molecular formula is C40H59F5O11. The summed E-state index contributed by atoms with van der Waals surface area (Å²) in [5.74, 6) is -13.3. The van der Waals surface area contributed by atoms with E-state index in [0.717, 1.165) is 12.2 Å². The first-order chi connectivity index (χ1) is 27.3. The van der Waals surface area contributed by atoms with E-state index in [0.29, 0.717) is 85.9 Å². The normalized spacial score (nSPS) is 11.4. The quantitative estimate of drug-likeness (QED) is 0.0173. The van der Waals surface area contributed by atoms with Gasteiger partial charge in [0.15, 0.2) is 0 Å². The Hall–Kier alpha value is -2.96. The van der Waals surface area contributed by atoms with Gasteiger partial charge in [-0.25, -0.2) is 13.2 Å². The number of ether oxygens (including phenoxy) is 10. The second kappa shape index (κ2) is 33.1. The van der Waals surface area contributed by atoms with Gasteiger partial charge in [-0.05, 0) is 30.5 Å². The van der Waals surface area contributed by atoms with Crippen LogP contribution in [0.1, 0.15) is 63.9 Å². The summed E-state index contributed by atoms with van der Waals surface area (Å²) in [6.45, 7) is 8.20. The van der Waals surface area contributed by atoms with Crippen LogP contribution in [0.15, 0.2) is 24.3 Å². The fraction of sp³-hybridized carbons (Fsp3) is 0.675. The van der Waals surface area contributed by atoms with Crippen molar-refractivity contribution in [3.63, 3.8) is 0 Å². The number of halogens is 5. The van der Waals surface area contributed by atoms with E-state index in [-0.39, 0.29) is 26.4 Å². The maximum atomic E-state index is 13.6. The molecule has 2 aromatic rings. The molecule has 0 amide bonds. The Morgan fingerprint density at radius 2 is 0.804 bits per heavy atom. The molecule has 0 bridgehead atoms. The Morgan fingerprint density at radius 1 is 0.446 bits per heavy atom. The van der Waals surface area contributed by atoms with E-state index in [1.165, 1.54) is 50.5 Å². The van der Waals surface area contributed by atoms with Gasteiger partial charge in [-0.15, -0.1) is 0 Å². The minimum absolute atomic E-state index is 0.0833. The highest BCUT2D eigenvalue weighted by Gasteiger charge is 2.28. The first kappa shape index (κ1) is 49.2. The van der Waals surface area contributed by atoms with Crippen molar-refractivity contribution in [1.82, 2.24) is 0 Å². The average molecular weight is 811 g/mol. The lowest BCUT2D eigenvalue weighted by Crippen LogP contribution is -2.16. The number of hydrogen-bond acceptors (Lipinski definition) is 11. The number of rotatable bonds is 37. The number of esters is 1. The van der Waals surface area contributed by atoms with Crippen molar-refractivity contribution < 1.29 is 74.1 Å². The van der Waals surface area contributed by atoms with Crippen molar-refractivity contribution in [2.24, 2.45) is 0 Å². The van der Waals surface area contributed by atoms with Crippen LogP contribution in [0.3, 0.4) is 0 Å². The SMILES string of the molecule is CCCCCCCCCc1ccc(OCCOCCOCCOCCOCCOCCOCCOCCOCCC(=O)Oc2c(F)c(F)c(F)c(F)c2F)cc1. The highest BCUT2D eigenvalue weighted by atomic mass is 19.2. The van der Waals surface area contributed by atoms with Crippen molar-refractivity contribution in [2.75, 3.05) is 112 Å². The largest absolute Gasteiger partial charge is 0.491 e. The van der Waals surface area contributed by atoms with Crippen LogP contribution in [0.25, 0.3) is 0 Å². The van der Waals surface area contributed by atoms with E-state index in [1.807, 2.05) is 12.1 Å². The molecule has 2 rings (SSSR count). The second-order valence-electron chi connectivity index (χ2n) is 12.4. The van der Waals surface area contributed by atoms with Gasteiger partial charge in [-0.2, -0.15) is 8.78 Å². The van der Waals surface area contributed by atoms with E-state index in [4.69, 9.17) is 42.6 Å². The third kappa shape index (κ3) is 23.3. The minimum atomic E-state index is -2.35. The third-order valence-electron chi connectivity index (χ3n) is 7.93. The van der Waals surface area contributed by atoms with Crippen LogP contribution in [0.4, 0.5) is 22.0 Å². The maximum Gasteiger partial charge on any atom is 0.313 e. The van der Waals surface area contributed by atoms with Gasteiger partial charge in [0.25, 0.3) is 0 Å². The average Bonchev–Trinajstić information content (AvgIpc) is 3.20. The molecule has 0 aliphatic rings. The van der Waals surface area contributed by atoms with Crippen LogP contribution < -0.4 is 9.47 Å². The summed E-state index contributed by atoms with van der Waals surface area (Å²) in [7, 11) is 0. The minimum Gasteiger partial charge on any atom is -0.491 e. The molecule has 0 radical (unpaired) electrons. The van der Waals surface area contributed by atoms with E-state index >= 15 is 0 Å². The predicted molar refractivity (Wildman–Crippen MR) is 197 cm³/mol. The van der Waals surface area contributed by atoms with Crippen LogP contribution in [0.5, 0.6) is 11.5 Å². The molecule has 0 heterocycles. The number of aryl methyl sites for hydroxylation is 1. The first-order valence-electron chi connectivity index (χ1n) is 19.4. The lowest BCUT2D eigenvalue weighted by molar-refractivity contribution is -0.136. The van der Waals surface area contributed by atoms with Crippen molar-refractivity contribution in [2.45, 2.75) is 64.7 Å². The van der Waals surface area contributed by atoms with Gasteiger partial charge < -0.3 is 47.4 Å². The molecule has 11 nitrogen and oxygen atoms in total. The zero-order chi connectivity index (χ0) is 40.5. The standard InChI is InChI=1S/C40H59F5O11/c1-2-3-4-5-6-7-8-9-32-10-12-33(13-11-32)55-31-30-54-29-28-53-27-26-52-25-24-51-23-22-50-21-20-49-19-18-48-17-16-47-15-14-34(46)56-40-38(44)36(42)35(41)37(43)39(40)45/h10-13H,2-9,14-31H2,1H3. The Morgan fingerprint density at radius 3 is 1.23 bits per heavy atom. The summed E-state index contributed by atoms with van der Waals surface area (Å²) < 4.78 is 120. The molecule has 0 fully saturated rings. The number of carbonyl (C=O) groups excluding carboxylic acids is 1. The number of carbonyl (C=O) groups is 1. The van der Waals surface area contributed by atoms with Crippen LogP contribution in [0, 0.1) is 29.1 Å². The summed E-state index contributed by atoms with van der Waals surface area (Å²) in [6.07, 6.45) is 9.87. The highest BCUT2D eigenvalue weighted by molar-refractivity contribution is 5.72. The lowest BCUT2D eigenvalue weighted by atomic mass is 10.0. The number of hydrogen-bond donors (Lipinski definition) is 0. The molecule has 0 aliphatic carbocycles. The second-order valence-corrected chi connectivity index (χ2v) is 12.4. The number of unbranched alkanes of at least 4 members (excludes halogenated alkanes) is 6. The fourth-order valence-electron chi connectivity index (χ4n) is 4.89. The molecule has 0 aromatic heterocycles. The topological polar surface area (TPSA) is 109 Å². The van der Waals surface area contributed by atoms with Gasteiger partial charge in [0.2, 0.25) is 34.8 Å². The summed E-state index contributed by atoms with van der Waals surface area (Å²) in [6, 6.07) is 8.35. The molecule has 0 N–H and O–H groups in total. The van der Waals surface area contributed by atoms with Crippen molar-refractivity contribution >= 4 is 5.97 Å². The van der Waals surface area contributed by atoms with E-state index in [2.05, 4.69) is 23.8 Å². The molecule has 2 aromatic carbocycles. The Bertz CT molecular complexity index is 1260. The van der Waals surface area contributed by atoms with Gasteiger partial charge in [-0.3, -0.25) is 4.79 Å². The van der Waals surface area contributed by atoms with Crippen LogP contribution in [-0.2, 0) is 49.1 Å². The van der Waals surface area contributed by atoms with Gasteiger partial charge in [0.05, 0.1) is 112 Å². The van der Waals surface area contributed by atoms with Crippen LogP contribution in [0.2, 0.25) is 0 Å². The Labute approximate surface area is 327 Å². The molecular weight excluding hydrogens is 751 g/mol. The molecule has 0 aliphatic heterocycles. The predicted octanol–water partition coefficient (Wildman–Crippen LogP) is 7.18. The van der Waals surface area contributed by atoms with E-state index in [9.17, 15) is 26.7 Å². The van der Waals surface area contributed by atoms with E-state index < -0.39 is 47.2 Å². The third-order valence-corrected chi connectivity index (χ3v) is 7.93. The first-order valence-corrected chi connectivity index (χ1v) is 19.4. The van der Waals surface area contributed by atoms with E-state index in [1.54, 1.807) is 0 Å². The zero-order valence-electron chi connectivity index (χ0n) is 32.6. The summed E-state index contributed by atoms with van der Waals surface area (Å²) in [5.41, 5.74) is 1.36. The van der Waals surface area contributed by atoms with Crippen molar-refractivity contribution in [1.29, 1.82) is 0 Å². The maximum absolute atomic E-state index is 13.6. The Balaban J connectivity index is 1.24.